The average molecular weight is 318 g/mol. The number of rotatable bonds is 3. The van der Waals surface area contributed by atoms with Gasteiger partial charge in [0.2, 0.25) is 0 Å². The number of aromatic amines is 2. The van der Waals surface area contributed by atoms with E-state index in [0.29, 0.717) is 5.52 Å². The molecule has 2 N–H and O–H groups in total. The number of fused-ring (bicyclic) bond motifs is 1. The van der Waals surface area contributed by atoms with Crippen LogP contribution in [0.1, 0.15) is 24.0 Å². The van der Waals surface area contributed by atoms with Gasteiger partial charge in [0.1, 0.15) is 11.2 Å². The molecule has 5 heteroatoms. The Morgan fingerprint density at radius 3 is 2.71 bits per heavy atom. The summed E-state index contributed by atoms with van der Waals surface area (Å²) in [5.74, 6) is 0.184. The van der Waals surface area contributed by atoms with E-state index in [1.165, 1.54) is 5.56 Å². The van der Waals surface area contributed by atoms with E-state index in [-0.39, 0.29) is 11.5 Å². The Morgan fingerprint density at radius 2 is 2.00 bits per heavy atom. The maximum Gasteiger partial charge on any atom is 0.274 e. The van der Waals surface area contributed by atoms with Gasteiger partial charge in [0.15, 0.2) is 0 Å². The number of aryl methyl sites for hydroxylation is 1. The zero-order valence-electron chi connectivity index (χ0n) is 13.6. The second-order valence-corrected chi connectivity index (χ2v) is 6.06. The van der Waals surface area contributed by atoms with Crippen molar-refractivity contribution in [3.8, 4) is 11.4 Å². The largest absolute Gasteiger partial charge is 0.351 e. The molecule has 4 rings (SSSR count). The van der Waals surface area contributed by atoms with E-state index in [1.807, 2.05) is 36.7 Å². The summed E-state index contributed by atoms with van der Waals surface area (Å²) >= 11 is 0. The molecule has 1 atom stereocenters. The Labute approximate surface area is 139 Å². The Balaban J connectivity index is 1.95. The number of hydrogen-bond donors (Lipinski definition) is 2. The third-order valence-corrected chi connectivity index (χ3v) is 4.54. The summed E-state index contributed by atoms with van der Waals surface area (Å²) in [6.45, 7) is 2.16. The molecule has 1 aromatic carbocycles. The summed E-state index contributed by atoms with van der Waals surface area (Å²) in [5.41, 5.74) is 4.57. The highest BCUT2D eigenvalue weighted by Crippen LogP contribution is 2.31. The van der Waals surface area contributed by atoms with Gasteiger partial charge in [0.05, 0.1) is 12.0 Å². The van der Waals surface area contributed by atoms with Crippen molar-refractivity contribution in [2.24, 2.45) is 7.05 Å². The summed E-state index contributed by atoms with van der Waals surface area (Å²) in [5, 5.41) is 0.951. The Morgan fingerprint density at radius 1 is 1.21 bits per heavy atom. The lowest BCUT2D eigenvalue weighted by atomic mass is 9.92. The van der Waals surface area contributed by atoms with Crippen LogP contribution in [0.15, 0.2) is 59.9 Å². The molecule has 1 unspecified atom stereocenters. The van der Waals surface area contributed by atoms with E-state index in [9.17, 15) is 4.79 Å². The van der Waals surface area contributed by atoms with E-state index in [1.54, 1.807) is 17.9 Å². The fourth-order valence-electron chi connectivity index (χ4n) is 3.18. The smallest absolute Gasteiger partial charge is 0.274 e. The van der Waals surface area contributed by atoms with Crippen LogP contribution in [0.2, 0.25) is 0 Å². The quantitative estimate of drug-likeness (QED) is 0.608. The normalized spacial score (nSPS) is 12.6. The number of benzene rings is 1. The molecule has 0 saturated carbocycles. The summed E-state index contributed by atoms with van der Waals surface area (Å²) in [6, 6.07) is 12.3. The van der Waals surface area contributed by atoms with Gasteiger partial charge in [-0.25, -0.2) is 4.98 Å². The molecule has 0 bridgehead atoms. The third kappa shape index (κ3) is 2.25. The minimum atomic E-state index is -0.0317. The molecule has 3 aromatic heterocycles. The predicted octanol–water partition coefficient (Wildman–Crippen LogP) is 3.41. The van der Waals surface area contributed by atoms with Gasteiger partial charge >= 0.3 is 0 Å². The molecule has 0 aliphatic heterocycles. The predicted molar refractivity (Wildman–Crippen MR) is 95.1 cm³/mol. The Bertz CT molecular complexity index is 1040. The maximum absolute atomic E-state index is 12.5. The molecule has 0 aliphatic rings. The lowest BCUT2D eigenvalue weighted by Crippen LogP contribution is -2.18. The lowest BCUT2D eigenvalue weighted by molar-refractivity contribution is 0.829. The van der Waals surface area contributed by atoms with Gasteiger partial charge in [-0.1, -0.05) is 37.3 Å². The first-order valence-corrected chi connectivity index (χ1v) is 7.91. The molecule has 0 aliphatic carbocycles. The van der Waals surface area contributed by atoms with Crippen LogP contribution in [0.25, 0.3) is 22.3 Å². The molecule has 0 fully saturated rings. The Hall–Kier alpha value is -3.08. The van der Waals surface area contributed by atoms with Crippen LogP contribution >= 0.6 is 0 Å². The van der Waals surface area contributed by atoms with Gasteiger partial charge in [0.25, 0.3) is 5.56 Å². The van der Waals surface area contributed by atoms with E-state index < -0.39 is 0 Å². The zero-order chi connectivity index (χ0) is 16.7. The minimum Gasteiger partial charge on any atom is -0.351 e. The second-order valence-electron chi connectivity index (χ2n) is 6.06. The first-order valence-electron chi connectivity index (χ1n) is 7.91. The molecule has 0 radical (unpaired) electrons. The van der Waals surface area contributed by atoms with Crippen LogP contribution < -0.4 is 5.56 Å². The second kappa shape index (κ2) is 5.53. The van der Waals surface area contributed by atoms with Crippen LogP contribution in [-0.4, -0.2) is 19.5 Å². The van der Waals surface area contributed by atoms with Crippen LogP contribution in [0, 0.1) is 0 Å². The van der Waals surface area contributed by atoms with Gasteiger partial charge in [-0.15, -0.1) is 0 Å². The molecule has 5 nitrogen and oxygen atoms in total. The fourth-order valence-corrected chi connectivity index (χ4v) is 3.18. The molecular weight excluding hydrogens is 300 g/mol. The molecule has 0 saturated heterocycles. The average Bonchev–Trinajstić information content (AvgIpc) is 3.27. The van der Waals surface area contributed by atoms with Crippen LogP contribution in [-0.2, 0) is 7.05 Å². The molecule has 0 spiro atoms. The van der Waals surface area contributed by atoms with Crippen LogP contribution in [0.3, 0.4) is 0 Å². The topological polar surface area (TPSA) is 66.5 Å². The number of aromatic nitrogens is 4. The number of nitrogens with one attached hydrogen (secondary N) is 2. The summed E-state index contributed by atoms with van der Waals surface area (Å²) in [4.78, 5) is 23.0. The highest BCUT2D eigenvalue weighted by molar-refractivity contribution is 5.88. The van der Waals surface area contributed by atoms with Crippen molar-refractivity contribution in [2.75, 3.05) is 0 Å². The van der Waals surface area contributed by atoms with E-state index in [4.69, 9.17) is 0 Å². The van der Waals surface area contributed by atoms with Crippen LogP contribution in [0.5, 0.6) is 0 Å². The van der Waals surface area contributed by atoms with Gasteiger partial charge in [0, 0.05) is 30.7 Å². The van der Waals surface area contributed by atoms with Crippen molar-refractivity contribution in [3.63, 3.8) is 0 Å². The highest BCUT2D eigenvalue weighted by Gasteiger charge is 2.17. The number of hydrogen-bond acceptors (Lipinski definition) is 2. The summed E-state index contributed by atoms with van der Waals surface area (Å²) in [6.07, 6.45) is 5.38. The first-order chi connectivity index (χ1) is 11.6. The standard InChI is InChI=1S/C19H18N4O/c1-12(13-6-4-3-5-7-13)15-10-23(2)19(24)18-14(15)8-16(22-18)17-9-20-11-21-17/h3-12,22H,1-2H3,(H,20,21). The van der Waals surface area contributed by atoms with Crippen molar-refractivity contribution in [3.05, 3.63) is 76.6 Å². The fraction of sp³-hybridized carbons (Fsp3) is 0.158. The molecule has 24 heavy (non-hydrogen) atoms. The van der Waals surface area contributed by atoms with E-state index >= 15 is 0 Å². The summed E-state index contributed by atoms with van der Waals surface area (Å²) < 4.78 is 1.64. The zero-order valence-corrected chi connectivity index (χ0v) is 13.6. The molecule has 4 aromatic rings. The van der Waals surface area contributed by atoms with Crippen molar-refractivity contribution in [2.45, 2.75) is 12.8 Å². The molecular formula is C19H18N4O. The Kier molecular flexibility index (Phi) is 3.34. The van der Waals surface area contributed by atoms with E-state index in [2.05, 4.69) is 34.0 Å². The van der Waals surface area contributed by atoms with Gasteiger partial charge < -0.3 is 14.5 Å². The number of imidazole rings is 1. The summed E-state index contributed by atoms with van der Waals surface area (Å²) in [7, 11) is 1.79. The van der Waals surface area contributed by atoms with Crippen molar-refractivity contribution in [1.29, 1.82) is 0 Å². The first kappa shape index (κ1) is 14.5. The van der Waals surface area contributed by atoms with Gasteiger partial charge in [-0.2, -0.15) is 0 Å². The SMILES string of the molecule is CC(c1ccccc1)c1cn(C)c(=O)c2[nH]c(-c3c[nH]cn3)cc12. The monoisotopic (exact) mass is 318 g/mol. The molecule has 0 amide bonds. The van der Waals surface area contributed by atoms with E-state index in [0.717, 1.165) is 22.3 Å². The molecule has 120 valence electrons. The van der Waals surface area contributed by atoms with Crippen LogP contribution in [0.4, 0.5) is 0 Å². The van der Waals surface area contributed by atoms with Gasteiger partial charge in [-0.05, 0) is 17.2 Å². The lowest BCUT2D eigenvalue weighted by Gasteiger charge is -2.15. The maximum atomic E-state index is 12.5. The van der Waals surface area contributed by atoms with Crippen molar-refractivity contribution in [1.82, 2.24) is 19.5 Å². The number of pyridine rings is 1. The van der Waals surface area contributed by atoms with Crippen molar-refractivity contribution >= 4 is 10.9 Å². The highest BCUT2D eigenvalue weighted by atomic mass is 16.1. The minimum absolute atomic E-state index is 0.0317. The number of H-pyrrole nitrogens is 2. The van der Waals surface area contributed by atoms with Crippen molar-refractivity contribution < 1.29 is 0 Å². The number of nitrogens with zero attached hydrogens (tertiary/aromatic N) is 2. The molecule has 3 heterocycles. The third-order valence-electron chi connectivity index (χ3n) is 4.54. The van der Waals surface area contributed by atoms with Gasteiger partial charge in [-0.3, -0.25) is 4.79 Å².